The van der Waals surface area contributed by atoms with E-state index in [0.29, 0.717) is 0 Å². The van der Waals surface area contributed by atoms with Crippen LogP contribution in [0.3, 0.4) is 0 Å². The van der Waals surface area contributed by atoms with Gasteiger partial charge in [-0.05, 0) is 120 Å². The summed E-state index contributed by atoms with van der Waals surface area (Å²) >= 11 is 0. The fourth-order valence-corrected chi connectivity index (χ4v) is 10.4. The fourth-order valence-electron chi connectivity index (χ4n) is 10.4. The number of hydrogen-bond acceptors (Lipinski definition) is 5. The van der Waals surface area contributed by atoms with E-state index in [0.717, 1.165) is 90.2 Å². The van der Waals surface area contributed by atoms with E-state index >= 15 is 0 Å². The molecule has 13 rings (SSSR count). The molecule has 66 heavy (non-hydrogen) atoms. The molecule has 10 aromatic carbocycles. The van der Waals surface area contributed by atoms with Crippen LogP contribution in [0.1, 0.15) is 0 Å². The summed E-state index contributed by atoms with van der Waals surface area (Å²) in [7, 11) is 0. The van der Waals surface area contributed by atoms with Crippen LogP contribution in [0.15, 0.2) is 253 Å². The molecule has 2 aliphatic heterocycles. The van der Waals surface area contributed by atoms with Crippen molar-refractivity contribution < 1.29 is 4.42 Å². The standard InChI is InChI=1S/C60H41BN4O/c1-7-21-42(22-8-1)62(43-23-9-2-10-24-43)48-35-36-52-54(37-48)64(46-29-15-5-16-30-46)56-38-49(63(44-25-11-3-12-26-44)45-27-13-4-14-28-45)39-57-60(56)61(52)53-40-51-50-33-19-20-34-58(50)66-59(51)41-55(53)65(57)47-31-17-6-18-32-47/h1-41H. The molecule has 0 aliphatic carbocycles. The molecule has 310 valence electrons. The molecule has 0 amide bonds. The lowest BCUT2D eigenvalue weighted by Crippen LogP contribution is -2.61. The van der Waals surface area contributed by atoms with Crippen LogP contribution in [-0.2, 0) is 0 Å². The third kappa shape index (κ3) is 6.11. The Bertz CT molecular complexity index is 3470. The highest BCUT2D eigenvalue weighted by Crippen LogP contribution is 2.50. The molecule has 0 N–H and O–H groups in total. The molecule has 2 aliphatic rings. The quantitative estimate of drug-likeness (QED) is 0.142. The molecule has 5 nitrogen and oxygen atoms in total. The van der Waals surface area contributed by atoms with Crippen molar-refractivity contribution in [2.45, 2.75) is 0 Å². The highest BCUT2D eigenvalue weighted by atomic mass is 16.3. The van der Waals surface area contributed by atoms with Gasteiger partial charge < -0.3 is 24.0 Å². The summed E-state index contributed by atoms with van der Waals surface area (Å²) in [4.78, 5) is 9.71. The first kappa shape index (κ1) is 37.8. The van der Waals surface area contributed by atoms with Crippen LogP contribution >= 0.6 is 0 Å². The van der Waals surface area contributed by atoms with Gasteiger partial charge in [-0.25, -0.2) is 0 Å². The van der Waals surface area contributed by atoms with E-state index < -0.39 is 0 Å². The smallest absolute Gasteiger partial charge is 0.252 e. The number of nitrogens with zero attached hydrogens (tertiary/aromatic N) is 4. The first-order valence-corrected chi connectivity index (χ1v) is 22.5. The lowest BCUT2D eigenvalue weighted by atomic mass is 9.33. The molecule has 0 bridgehead atoms. The molecule has 6 heteroatoms. The maximum absolute atomic E-state index is 6.70. The van der Waals surface area contributed by atoms with Gasteiger partial charge in [0.1, 0.15) is 11.2 Å². The third-order valence-corrected chi connectivity index (χ3v) is 13.1. The van der Waals surface area contributed by atoms with Crippen molar-refractivity contribution in [3.05, 3.63) is 249 Å². The van der Waals surface area contributed by atoms with Gasteiger partial charge in [0, 0.05) is 79.4 Å². The Kier molecular flexibility index (Phi) is 8.88. The Hall–Kier alpha value is -8.74. The summed E-state index contributed by atoms with van der Waals surface area (Å²) in [6, 6.07) is 89.5. The van der Waals surface area contributed by atoms with Crippen molar-refractivity contribution in [2.24, 2.45) is 0 Å². The van der Waals surface area contributed by atoms with E-state index in [1.165, 1.54) is 16.4 Å². The monoisotopic (exact) mass is 844 g/mol. The number of hydrogen-bond donors (Lipinski definition) is 0. The van der Waals surface area contributed by atoms with Gasteiger partial charge in [-0.3, -0.25) is 0 Å². The Morgan fingerprint density at radius 2 is 0.727 bits per heavy atom. The predicted octanol–water partition coefficient (Wildman–Crippen LogP) is 14.6. The van der Waals surface area contributed by atoms with Gasteiger partial charge in [0.05, 0.1) is 5.69 Å². The topological polar surface area (TPSA) is 26.1 Å². The summed E-state index contributed by atoms with van der Waals surface area (Å²) in [5.41, 5.74) is 18.5. The second-order valence-corrected chi connectivity index (χ2v) is 16.9. The highest BCUT2D eigenvalue weighted by Gasteiger charge is 2.44. The van der Waals surface area contributed by atoms with E-state index in [1.54, 1.807) is 0 Å². The van der Waals surface area contributed by atoms with E-state index in [4.69, 9.17) is 4.42 Å². The van der Waals surface area contributed by atoms with Gasteiger partial charge >= 0.3 is 0 Å². The summed E-state index contributed by atoms with van der Waals surface area (Å²) in [5, 5.41) is 2.23. The first-order chi connectivity index (χ1) is 32.8. The lowest BCUT2D eigenvalue weighted by Gasteiger charge is -2.45. The van der Waals surface area contributed by atoms with E-state index in [9.17, 15) is 0 Å². The summed E-state index contributed by atoms with van der Waals surface area (Å²) < 4.78 is 6.70. The maximum Gasteiger partial charge on any atom is 0.252 e. The van der Waals surface area contributed by atoms with E-state index in [-0.39, 0.29) is 6.71 Å². The molecule has 11 aromatic rings. The molecule has 3 heterocycles. The molecule has 0 fully saturated rings. The van der Waals surface area contributed by atoms with Crippen molar-refractivity contribution in [3.8, 4) is 0 Å². The van der Waals surface area contributed by atoms with Crippen molar-refractivity contribution in [1.82, 2.24) is 0 Å². The highest BCUT2D eigenvalue weighted by molar-refractivity contribution is 7.00. The second kappa shape index (κ2) is 15.5. The van der Waals surface area contributed by atoms with Crippen LogP contribution in [0.2, 0.25) is 0 Å². The van der Waals surface area contributed by atoms with E-state index in [2.05, 4.69) is 268 Å². The average molecular weight is 845 g/mol. The average Bonchev–Trinajstić information content (AvgIpc) is 3.75. The summed E-state index contributed by atoms with van der Waals surface area (Å²) in [6.45, 7) is -0.120. The van der Waals surface area contributed by atoms with Crippen molar-refractivity contribution in [3.63, 3.8) is 0 Å². The summed E-state index contributed by atoms with van der Waals surface area (Å²) in [5.74, 6) is 0. The van der Waals surface area contributed by atoms with Crippen molar-refractivity contribution in [1.29, 1.82) is 0 Å². The van der Waals surface area contributed by atoms with Crippen LogP contribution in [0.5, 0.6) is 0 Å². The first-order valence-electron chi connectivity index (χ1n) is 22.5. The fraction of sp³-hybridized carbons (Fsp3) is 0. The normalized spacial score (nSPS) is 12.5. The Morgan fingerprint density at radius 3 is 1.24 bits per heavy atom. The number of fused-ring (bicyclic) bond motifs is 7. The number of para-hydroxylation sites is 7. The zero-order valence-electron chi connectivity index (χ0n) is 35.9. The molecular weight excluding hydrogens is 803 g/mol. The number of benzene rings is 10. The molecule has 0 radical (unpaired) electrons. The van der Waals surface area contributed by atoms with Crippen molar-refractivity contribution in [2.75, 3.05) is 19.6 Å². The van der Waals surface area contributed by atoms with Gasteiger partial charge in [0.15, 0.2) is 0 Å². The molecule has 0 unspecified atom stereocenters. The van der Waals surface area contributed by atoms with Crippen molar-refractivity contribution >= 4 is 113 Å². The summed E-state index contributed by atoms with van der Waals surface area (Å²) in [6.07, 6.45) is 0. The van der Waals surface area contributed by atoms with Gasteiger partial charge in [-0.1, -0.05) is 140 Å². The van der Waals surface area contributed by atoms with Crippen LogP contribution in [0.25, 0.3) is 21.9 Å². The lowest BCUT2D eigenvalue weighted by molar-refractivity contribution is 0.669. The Balaban J connectivity index is 1.16. The molecule has 0 saturated carbocycles. The van der Waals surface area contributed by atoms with Crippen LogP contribution in [0.4, 0.5) is 68.2 Å². The van der Waals surface area contributed by atoms with Gasteiger partial charge in [0.25, 0.3) is 6.71 Å². The second-order valence-electron chi connectivity index (χ2n) is 16.9. The number of anilines is 12. The van der Waals surface area contributed by atoms with Gasteiger partial charge in [0.2, 0.25) is 0 Å². The minimum Gasteiger partial charge on any atom is -0.456 e. The van der Waals surface area contributed by atoms with Gasteiger partial charge in [-0.15, -0.1) is 0 Å². The molecule has 1 aromatic heterocycles. The minimum atomic E-state index is -0.120. The molecular formula is C60H41BN4O. The third-order valence-electron chi connectivity index (χ3n) is 13.1. The SMILES string of the molecule is c1ccc(N(c2ccccc2)c2ccc3c(c2)N(c2ccccc2)c2cc(N(c4ccccc4)c4ccccc4)cc4c2B3c2cc3c(cc2N4c2ccccc2)oc2ccccc23)cc1. The zero-order chi connectivity index (χ0) is 43.6. The minimum absolute atomic E-state index is 0.120. The molecule has 0 spiro atoms. The van der Waals surface area contributed by atoms with E-state index in [1.807, 2.05) is 0 Å². The number of furan rings is 1. The van der Waals surface area contributed by atoms with Gasteiger partial charge in [-0.2, -0.15) is 0 Å². The van der Waals surface area contributed by atoms with Crippen LogP contribution < -0.4 is 36.0 Å². The predicted molar refractivity (Wildman–Crippen MR) is 277 cm³/mol. The molecule has 0 saturated heterocycles. The Labute approximate surface area is 384 Å². The zero-order valence-corrected chi connectivity index (χ0v) is 35.9. The van der Waals surface area contributed by atoms with Crippen LogP contribution in [-0.4, -0.2) is 6.71 Å². The van der Waals surface area contributed by atoms with Crippen LogP contribution in [0, 0.1) is 0 Å². The maximum atomic E-state index is 6.70. The largest absolute Gasteiger partial charge is 0.456 e. The number of rotatable bonds is 8. The molecule has 0 atom stereocenters. The Morgan fingerprint density at radius 1 is 0.303 bits per heavy atom.